The van der Waals surface area contributed by atoms with Crippen LogP contribution in [0.4, 0.5) is 4.39 Å². The van der Waals surface area contributed by atoms with Crippen molar-refractivity contribution in [2.45, 2.75) is 6.54 Å². The van der Waals surface area contributed by atoms with Gasteiger partial charge in [-0.05, 0) is 29.9 Å². The first-order valence-electron chi connectivity index (χ1n) is 7.48. The molecule has 0 unspecified atom stereocenters. The summed E-state index contributed by atoms with van der Waals surface area (Å²) >= 11 is 5.24. The monoisotopic (exact) mass is 397 g/mol. The van der Waals surface area contributed by atoms with E-state index in [-0.39, 0.29) is 35.9 Å². The van der Waals surface area contributed by atoms with E-state index in [1.54, 1.807) is 10.6 Å². The number of halogens is 2. The van der Waals surface area contributed by atoms with Gasteiger partial charge < -0.3 is 15.5 Å². The molecule has 0 aliphatic rings. The summed E-state index contributed by atoms with van der Waals surface area (Å²) in [6, 6.07) is 7.31. The van der Waals surface area contributed by atoms with Gasteiger partial charge in [0.2, 0.25) is 0 Å². The molecular weight excluding hydrogens is 381 g/mol. The minimum Gasteiger partial charge on any atom is -0.489 e. The molecule has 3 aromatic rings. The summed E-state index contributed by atoms with van der Waals surface area (Å²) in [6.07, 6.45) is 1.90. The quantitative estimate of drug-likeness (QED) is 0.554. The molecule has 1 aromatic carbocycles. The van der Waals surface area contributed by atoms with E-state index in [4.69, 9.17) is 22.7 Å². The topological polar surface area (TPSA) is 102 Å². The molecule has 7 nitrogen and oxygen atoms in total. The molecule has 2 heterocycles. The van der Waals surface area contributed by atoms with Crippen LogP contribution < -0.4 is 16.0 Å². The van der Waals surface area contributed by atoms with Gasteiger partial charge in [0.1, 0.15) is 17.9 Å². The second kappa shape index (κ2) is 8.75. The van der Waals surface area contributed by atoms with Crippen molar-refractivity contribution in [3.63, 3.8) is 0 Å². The molecule has 0 aliphatic carbocycles. The number of hydrogen-bond acceptors (Lipinski definition) is 5. The molecule has 0 bridgehead atoms. The number of nitrogens with one attached hydrogen (secondary N) is 2. The first kappa shape index (κ1) is 19.8. The molecule has 3 rings (SSSR count). The largest absolute Gasteiger partial charge is 0.489 e. The van der Waals surface area contributed by atoms with Crippen molar-refractivity contribution >= 4 is 35.8 Å². The van der Waals surface area contributed by atoms with Crippen molar-refractivity contribution in [1.82, 2.24) is 19.5 Å². The molecule has 0 fully saturated rings. The van der Waals surface area contributed by atoms with E-state index in [1.807, 2.05) is 18.2 Å². The number of hydrogen-bond donors (Lipinski definition) is 3. The van der Waals surface area contributed by atoms with Crippen molar-refractivity contribution in [1.29, 1.82) is 0 Å². The van der Waals surface area contributed by atoms with Gasteiger partial charge in [0, 0.05) is 12.1 Å². The molecule has 0 radical (unpaired) electrons. The fraction of sp³-hybridized carbons (Fsp3) is 0.188. The average molecular weight is 398 g/mol. The Bertz CT molecular complexity index is 1040. The van der Waals surface area contributed by atoms with Gasteiger partial charge in [-0.2, -0.15) is 0 Å². The third-order valence-corrected chi connectivity index (χ3v) is 3.97. The van der Waals surface area contributed by atoms with Crippen molar-refractivity contribution in [3.05, 3.63) is 63.2 Å². The minimum atomic E-state index is -0.307. The van der Waals surface area contributed by atoms with Crippen molar-refractivity contribution in [3.8, 4) is 5.75 Å². The molecule has 26 heavy (non-hydrogen) atoms. The molecular formula is C16H17ClFN5O2S. The van der Waals surface area contributed by atoms with Gasteiger partial charge >= 0.3 is 0 Å². The van der Waals surface area contributed by atoms with Crippen LogP contribution in [-0.2, 0) is 6.54 Å². The van der Waals surface area contributed by atoms with E-state index < -0.39 is 0 Å². The highest BCUT2D eigenvalue weighted by molar-refractivity contribution is 7.71. The SMILES string of the molecule is Cl.NC/C(=C\F)COc1cccc(Cn2c(=S)[nH]c(=O)c3[nH]cnc32)c1. The summed E-state index contributed by atoms with van der Waals surface area (Å²) in [5, 5.41) is 0. The maximum Gasteiger partial charge on any atom is 0.277 e. The number of aromatic amines is 2. The number of nitrogens with two attached hydrogens (primary N) is 1. The predicted octanol–water partition coefficient (Wildman–Crippen LogP) is 2.44. The third-order valence-electron chi connectivity index (χ3n) is 3.65. The van der Waals surface area contributed by atoms with Crippen molar-refractivity contribution < 1.29 is 9.13 Å². The van der Waals surface area contributed by atoms with E-state index in [2.05, 4.69) is 15.0 Å². The smallest absolute Gasteiger partial charge is 0.277 e. The van der Waals surface area contributed by atoms with Crippen LogP contribution in [0.1, 0.15) is 5.56 Å². The van der Waals surface area contributed by atoms with E-state index in [9.17, 15) is 9.18 Å². The van der Waals surface area contributed by atoms with Crippen LogP contribution in [0, 0.1) is 4.77 Å². The zero-order valence-electron chi connectivity index (χ0n) is 13.6. The zero-order valence-corrected chi connectivity index (χ0v) is 15.2. The Kier molecular flexibility index (Phi) is 6.67. The van der Waals surface area contributed by atoms with Gasteiger partial charge in [-0.15, -0.1) is 12.4 Å². The van der Waals surface area contributed by atoms with Gasteiger partial charge in [-0.3, -0.25) is 14.3 Å². The maximum absolute atomic E-state index is 12.5. The van der Waals surface area contributed by atoms with Crippen molar-refractivity contribution in [2.75, 3.05) is 13.2 Å². The van der Waals surface area contributed by atoms with E-state index in [0.29, 0.717) is 35.4 Å². The molecule has 2 aromatic heterocycles. The second-order valence-corrected chi connectivity index (χ2v) is 5.74. The molecule has 0 saturated heterocycles. The lowest BCUT2D eigenvalue weighted by molar-refractivity contribution is 0.347. The van der Waals surface area contributed by atoms with Crippen LogP contribution in [0.5, 0.6) is 5.75 Å². The lowest BCUT2D eigenvalue weighted by Gasteiger charge is -2.11. The Morgan fingerprint density at radius 1 is 1.46 bits per heavy atom. The Hall–Kier alpha value is -2.49. The molecule has 0 aliphatic heterocycles. The van der Waals surface area contributed by atoms with E-state index in [1.165, 1.54) is 6.33 Å². The van der Waals surface area contributed by atoms with Gasteiger partial charge in [-0.25, -0.2) is 9.37 Å². The Labute approximate surface area is 159 Å². The Balaban J connectivity index is 0.00000243. The van der Waals surface area contributed by atoms with Crippen LogP contribution in [0.2, 0.25) is 0 Å². The Morgan fingerprint density at radius 2 is 2.27 bits per heavy atom. The highest BCUT2D eigenvalue weighted by Gasteiger charge is 2.09. The number of benzene rings is 1. The number of aromatic nitrogens is 4. The highest BCUT2D eigenvalue weighted by atomic mass is 35.5. The summed E-state index contributed by atoms with van der Waals surface area (Å²) < 4.78 is 20.1. The minimum absolute atomic E-state index is 0. The fourth-order valence-electron chi connectivity index (χ4n) is 2.36. The van der Waals surface area contributed by atoms with Crippen LogP contribution >= 0.6 is 24.6 Å². The molecule has 0 spiro atoms. The van der Waals surface area contributed by atoms with Gasteiger partial charge in [0.15, 0.2) is 10.4 Å². The normalized spacial score (nSPS) is 11.4. The summed E-state index contributed by atoms with van der Waals surface area (Å²) in [5.74, 6) is 0.583. The number of ether oxygens (including phenoxy) is 1. The molecule has 0 amide bonds. The van der Waals surface area contributed by atoms with Gasteiger partial charge in [-0.1, -0.05) is 12.1 Å². The molecule has 138 valence electrons. The van der Waals surface area contributed by atoms with Crippen LogP contribution in [0.25, 0.3) is 11.2 Å². The number of fused-ring (bicyclic) bond motifs is 1. The first-order valence-corrected chi connectivity index (χ1v) is 7.89. The lowest BCUT2D eigenvalue weighted by Crippen LogP contribution is -2.15. The number of nitrogens with zero attached hydrogens (tertiary/aromatic N) is 2. The van der Waals surface area contributed by atoms with Crippen LogP contribution in [0.3, 0.4) is 0 Å². The highest BCUT2D eigenvalue weighted by Crippen LogP contribution is 2.16. The predicted molar refractivity (Wildman–Crippen MR) is 102 cm³/mol. The summed E-state index contributed by atoms with van der Waals surface area (Å²) in [7, 11) is 0. The van der Waals surface area contributed by atoms with Crippen molar-refractivity contribution in [2.24, 2.45) is 5.73 Å². The van der Waals surface area contributed by atoms with Gasteiger partial charge in [0.05, 0.1) is 19.2 Å². The van der Waals surface area contributed by atoms with E-state index >= 15 is 0 Å². The van der Waals surface area contributed by atoms with E-state index in [0.717, 1.165) is 5.56 Å². The lowest BCUT2D eigenvalue weighted by atomic mass is 10.2. The maximum atomic E-state index is 12.5. The third kappa shape index (κ3) is 4.18. The molecule has 0 atom stereocenters. The second-order valence-electron chi connectivity index (χ2n) is 5.35. The Morgan fingerprint density at radius 3 is 3.00 bits per heavy atom. The zero-order chi connectivity index (χ0) is 17.8. The first-order chi connectivity index (χ1) is 12.1. The molecule has 4 N–H and O–H groups in total. The fourth-order valence-corrected chi connectivity index (χ4v) is 2.60. The number of rotatable bonds is 6. The molecule has 0 saturated carbocycles. The van der Waals surface area contributed by atoms with Crippen LogP contribution in [0.15, 0.2) is 47.3 Å². The number of H-pyrrole nitrogens is 2. The summed E-state index contributed by atoms with van der Waals surface area (Å²) in [5.41, 5.74) is 7.20. The van der Waals surface area contributed by atoms with Gasteiger partial charge in [0.25, 0.3) is 5.56 Å². The van der Waals surface area contributed by atoms with Crippen LogP contribution in [-0.4, -0.2) is 32.7 Å². The number of imidazole rings is 1. The average Bonchev–Trinajstić information content (AvgIpc) is 3.10. The summed E-state index contributed by atoms with van der Waals surface area (Å²) in [4.78, 5) is 21.4. The molecule has 10 heteroatoms. The standard InChI is InChI=1S/C16H16FN5O2S.ClH/c17-5-11(6-18)8-24-12-3-1-2-10(4-12)7-22-14-13(19-9-20-14)15(23)21-16(22)25;/h1-5,9H,6-8,18H2,(H,19,20)(H,21,23,25);1H/b11-5+;. The summed E-state index contributed by atoms with van der Waals surface area (Å²) in [6.45, 7) is 0.578.